The van der Waals surface area contributed by atoms with Crippen molar-refractivity contribution in [3.05, 3.63) is 88.9 Å². The van der Waals surface area contributed by atoms with Crippen LogP contribution in [-0.2, 0) is 0 Å². The molecule has 28 heavy (non-hydrogen) atoms. The van der Waals surface area contributed by atoms with Crippen molar-refractivity contribution in [1.82, 2.24) is 4.98 Å². The van der Waals surface area contributed by atoms with Crippen LogP contribution in [0.1, 0.15) is 15.9 Å². The zero-order valence-corrected chi connectivity index (χ0v) is 16.1. The lowest BCUT2D eigenvalue weighted by atomic mass is 10.2. The Kier molecular flexibility index (Phi) is 5.32. The number of hydrazone groups is 1. The average Bonchev–Trinajstić information content (AvgIpc) is 3.12. The number of aromatic nitrogens is 1. The van der Waals surface area contributed by atoms with Crippen LogP contribution in [0.25, 0.3) is 10.2 Å². The van der Waals surface area contributed by atoms with Gasteiger partial charge < -0.3 is 4.74 Å². The normalized spacial score (nSPS) is 11.0. The zero-order chi connectivity index (χ0) is 19.3. The van der Waals surface area contributed by atoms with E-state index < -0.39 is 5.97 Å². The van der Waals surface area contributed by atoms with Crippen molar-refractivity contribution in [2.24, 2.45) is 5.10 Å². The summed E-state index contributed by atoms with van der Waals surface area (Å²) in [4.78, 5) is 16.6. The van der Waals surface area contributed by atoms with Crippen molar-refractivity contribution in [2.45, 2.75) is 0 Å². The predicted molar refractivity (Wildman–Crippen MR) is 114 cm³/mol. The summed E-state index contributed by atoms with van der Waals surface area (Å²) < 4.78 is 6.46. The van der Waals surface area contributed by atoms with Crippen LogP contribution in [0.4, 0.5) is 5.13 Å². The minimum absolute atomic E-state index is 0.435. The molecule has 0 atom stereocenters. The summed E-state index contributed by atoms with van der Waals surface area (Å²) in [5.41, 5.74) is 5.18. The van der Waals surface area contributed by atoms with Gasteiger partial charge in [-0.25, -0.2) is 9.78 Å². The third kappa shape index (κ3) is 4.36. The molecule has 0 aliphatic carbocycles. The largest absolute Gasteiger partial charge is 0.423 e. The van der Waals surface area contributed by atoms with Crippen LogP contribution in [0.3, 0.4) is 0 Å². The lowest BCUT2D eigenvalue weighted by Gasteiger charge is -2.04. The van der Waals surface area contributed by atoms with Gasteiger partial charge in [-0.3, -0.25) is 5.43 Å². The maximum atomic E-state index is 12.1. The van der Waals surface area contributed by atoms with Crippen LogP contribution in [0, 0.1) is 0 Å². The van der Waals surface area contributed by atoms with Crippen molar-refractivity contribution in [2.75, 3.05) is 5.43 Å². The van der Waals surface area contributed by atoms with Gasteiger partial charge in [-0.2, -0.15) is 5.10 Å². The SMILES string of the molecule is O=C(Oc1ccc(/C=N\Nc2nc3ccccc3s2)cc1)c1ccc(Cl)cc1. The fourth-order valence-corrected chi connectivity index (χ4v) is 3.40. The number of nitrogens with zero attached hydrogens (tertiary/aromatic N) is 2. The molecule has 0 saturated carbocycles. The molecule has 138 valence electrons. The van der Waals surface area contributed by atoms with Gasteiger partial charge in [0.15, 0.2) is 0 Å². The van der Waals surface area contributed by atoms with Crippen molar-refractivity contribution in [3.63, 3.8) is 0 Å². The minimum atomic E-state index is -0.435. The third-order valence-corrected chi connectivity index (χ3v) is 5.03. The van der Waals surface area contributed by atoms with Gasteiger partial charge >= 0.3 is 5.97 Å². The third-order valence-electron chi connectivity index (χ3n) is 3.84. The lowest BCUT2D eigenvalue weighted by Crippen LogP contribution is -2.08. The average molecular weight is 408 g/mol. The number of carbonyl (C=O) groups excluding carboxylic acids is 1. The first-order valence-electron chi connectivity index (χ1n) is 8.40. The summed E-state index contributed by atoms with van der Waals surface area (Å²) in [5, 5.41) is 5.50. The highest BCUT2D eigenvalue weighted by Crippen LogP contribution is 2.25. The first-order chi connectivity index (χ1) is 13.7. The molecular formula is C21H14ClN3O2S. The summed E-state index contributed by atoms with van der Waals surface area (Å²) >= 11 is 7.36. The number of hydrogen-bond donors (Lipinski definition) is 1. The van der Waals surface area contributed by atoms with E-state index in [4.69, 9.17) is 16.3 Å². The van der Waals surface area contributed by atoms with Gasteiger partial charge in [-0.05, 0) is 66.2 Å². The van der Waals surface area contributed by atoms with E-state index in [0.717, 1.165) is 20.9 Å². The highest BCUT2D eigenvalue weighted by atomic mass is 35.5. The molecule has 0 spiro atoms. The molecule has 0 unspecified atom stereocenters. The number of para-hydroxylation sites is 1. The van der Waals surface area contributed by atoms with Crippen LogP contribution in [0.15, 0.2) is 77.9 Å². The first-order valence-corrected chi connectivity index (χ1v) is 9.59. The molecule has 3 aromatic carbocycles. The molecular weight excluding hydrogens is 394 g/mol. The molecule has 1 N–H and O–H groups in total. The Balaban J connectivity index is 1.36. The van der Waals surface area contributed by atoms with E-state index in [1.54, 1.807) is 42.6 Å². The van der Waals surface area contributed by atoms with E-state index in [9.17, 15) is 4.79 Å². The topological polar surface area (TPSA) is 63.6 Å². The van der Waals surface area contributed by atoms with Crippen molar-refractivity contribution in [1.29, 1.82) is 0 Å². The maximum absolute atomic E-state index is 12.1. The van der Waals surface area contributed by atoms with Gasteiger partial charge in [0.2, 0.25) is 5.13 Å². The number of halogens is 1. The summed E-state index contributed by atoms with van der Waals surface area (Å²) in [5.74, 6) is 0.0202. The molecule has 0 radical (unpaired) electrons. The predicted octanol–water partition coefficient (Wildman–Crippen LogP) is 5.61. The molecule has 0 bridgehead atoms. The molecule has 0 saturated heterocycles. The standard InChI is InChI=1S/C21H14ClN3O2S/c22-16-9-7-15(8-10-16)20(26)27-17-11-5-14(6-12-17)13-23-25-21-24-18-3-1-2-4-19(18)28-21/h1-13H,(H,24,25)/b23-13-. The monoisotopic (exact) mass is 407 g/mol. The molecule has 4 aromatic rings. The summed E-state index contributed by atoms with van der Waals surface area (Å²) in [6.07, 6.45) is 1.68. The zero-order valence-electron chi connectivity index (χ0n) is 14.5. The number of rotatable bonds is 5. The highest BCUT2D eigenvalue weighted by Gasteiger charge is 2.08. The Hall–Kier alpha value is -3.22. The molecule has 0 aliphatic heterocycles. The number of thiazole rings is 1. The van der Waals surface area contributed by atoms with Crippen molar-refractivity contribution in [3.8, 4) is 5.75 Å². The second-order valence-electron chi connectivity index (χ2n) is 5.82. The molecule has 0 amide bonds. The number of benzene rings is 3. The summed E-state index contributed by atoms with van der Waals surface area (Å²) in [6.45, 7) is 0. The molecule has 7 heteroatoms. The molecule has 1 heterocycles. The molecule has 5 nitrogen and oxygen atoms in total. The fraction of sp³-hybridized carbons (Fsp3) is 0. The Morgan fingerprint density at radius 3 is 2.54 bits per heavy atom. The van der Waals surface area contributed by atoms with E-state index in [1.165, 1.54) is 11.3 Å². The van der Waals surface area contributed by atoms with Gasteiger partial charge in [-0.15, -0.1) is 0 Å². The van der Waals surface area contributed by atoms with Crippen LogP contribution >= 0.6 is 22.9 Å². The van der Waals surface area contributed by atoms with Crippen LogP contribution < -0.4 is 10.2 Å². The quantitative estimate of drug-likeness (QED) is 0.202. The Morgan fingerprint density at radius 2 is 1.79 bits per heavy atom. The molecule has 1 aromatic heterocycles. The van der Waals surface area contributed by atoms with E-state index in [-0.39, 0.29) is 0 Å². The number of hydrogen-bond acceptors (Lipinski definition) is 6. The minimum Gasteiger partial charge on any atom is -0.423 e. The number of anilines is 1. The number of carbonyl (C=O) groups is 1. The van der Waals surface area contributed by atoms with Crippen molar-refractivity contribution >= 4 is 50.5 Å². The lowest BCUT2D eigenvalue weighted by molar-refractivity contribution is 0.0735. The van der Waals surface area contributed by atoms with Gasteiger partial charge in [0.05, 0.1) is 22.0 Å². The smallest absolute Gasteiger partial charge is 0.343 e. The number of esters is 1. The molecule has 4 rings (SSSR count). The van der Waals surface area contributed by atoms with E-state index >= 15 is 0 Å². The number of nitrogens with one attached hydrogen (secondary N) is 1. The molecule has 0 aliphatic rings. The van der Waals surface area contributed by atoms with Gasteiger partial charge in [0, 0.05) is 5.02 Å². The maximum Gasteiger partial charge on any atom is 0.343 e. The number of fused-ring (bicyclic) bond motifs is 1. The highest BCUT2D eigenvalue weighted by molar-refractivity contribution is 7.22. The van der Waals surface area contributed by atoms with Crippen LogP contribution in [0.5, 0.6) is 5.75 Å². The van der Waals surface area contributed by atoms with Gasteiger partial charge in [0.1, 0.15) is 5.75 Å². The number of ether oxygens (including phenoxy) is 1. The Morgan fingerprint density at radius 1 is 1.04 bits per heavy atom. The van der Waals surface area contributed by atoms with E-state index in [2.05, 4.69) is 15.5 Å². The summed E-state index contributed by atoms with van der Waals surface area (Å²) in [7, 11) is 0. The van der Waals surface area contributed by atoms with Crippen LogP contribution in [0.2, 0.25) is 5.02 Å². The fourth-order valence-electron chi connectivity index (χ4n) is 2.46. The second kappa shape index (κ2) is 8.21. The van der Waals surface area contributed by atoms with Crippen LogP contribution in [-0.4, -0.2) is 17.2 Å². The van der Waals surface area contributed by atoms with Gasteiger partial charge in [0.25, 0.3) is 0 Å². The van der Waals surface area contributed by atoms with E-state index in [1.807, 2.05) is 36.4 Å². The second-order valence-corrected chi connectivity index (χ2v) is 7.29. The van der Waals surface area contributed by atoms with Crippen molar-refractivity contribution < 1.29 is 9.53 Å². The van der Waals surface area contributed by atoms with Gasteiger partial charge in [-0.1, -0.05) is 35.1 Å². The Labute approximate surface area is 170 Å². The Bertz CT molecular complexity index is 1110. The van der Waals surface area contributed by atoms with E-state index in [0.29, 0.717) is 16.3 Å². The summed E-state index contributed by atoms with van der Waals surface area (Å²) in [6, 6.07) is 21.5. The molecule has 0 fully saturated rings. The first kappa shape index (κ1) is 18.2.